The lowest BCUT2D eigenvalue weighted by molar-refractivity contribution is -0.137. The molecule has 0 unspecified atom stereocenters. The van der Waals surface area contributed by atoms with Gasteiger partial charge in [-0.05, 0) is 65.3 Å². The van der Waals surface area contributed by atoms with E-state index in [4.69, 9.17) is 5.73 Å². The molecule has 1 aliphatic carbocycles. The summed E-state index contributed by atoms with van der Waals surface area (Å²) in [7, 11) is 1.69. The Kier molecular flexibility index (Phi) is 4.83. The summed E-state index contributed by atoms with van der Waals surface area (Å²) in [6, 6.07) is 12.3. The summed E-state index contributed by atoms with van der Waals surface area (Å²) in [5.74, 6) is -0.571. The highest BCUT2D eigenvalue weighted by atomic mass is 19.4. The lowest BCUT2D eigenvalue weighted by Crippen LogP contribution is -2.21. The summed E-state index contributed by atoms with van der Waals surface area (Å²) in [6.45, 7) is 4.44. The molecule has 0 saturated carbocycles. The third kappa shape index (κ3) is 3.52. The van der Waals surface area contributed by atoms with Gasteiger partial charge in [0.2, 0.25) is 0 Å². The highest BCUT2D eigenvalue weighted by molar-refractivity contribution is 6.04. The predicted molar refractivity (Wildman–Crippen MR) is 138 cm³/mol. The van der Waals surface area contributed by atoms with Crippen LogP contribution in [0.15, 0.2) is 59.7 Å². The van der Waals surface area contributed by atoms with Crippen LogP contribution in [-0.4, -0.2) is 19.1 Å². The van der Waals surface area contributed by atoms with E-state index < -0.39 is 17.6 Å². The highest BCUT2D eigenvalue weighted by Crippen LogP contribution is 2.40. The van der Waals surface area contributed by atoms with Crippen molar-refractivity contribution in [1.82, 2.24) is 19.1 Å². The number of nitrogen functional groups attached to an aromatic ring is 1. The van der Waals surface area contributed by atoms with Crippen molar-refractivity contribution in [2.75, 3.05) is 5.73 Å². The summed E-state index contributed by atoms with van der Waals surface area (Å²) in [4.78, 5) is 21.7. The van der Waals surface area contributed by atoms with E-state index in [1.54, 1.807) is 36.0 Å². The van der Waals surface area contributed by atoms with Crippen molar-refractivity contribution in [2.24, 2.45) is 7.05 Å². The second-order valence-electron chi connectivity index (χ2n) is 10.3. The fraction of sp³-hybridized carbons (Fsp3) is 0.250. The number of nitrogens with zero attached hydrogens (tertiary/aromatic N) is 4. The molecule has 5 aromatic rings. The van der Waals surface area contributed by atoms with Gasteiger partial charge in [-0.25, -0.2) is 9.78 Å². The number of hydrogen-bond donors (Lipinski definition) is 1. The van der Waals surface area contributed by atoms with Crippen LogP contribution in [0.5, 0.6) is 0 Å². The number of hydrogen-bond acceptors (Lipinski definition) is 4. The van der Waals surface area contributed by atoms with Gasteiger partial charge < -0.3 is 5.73 Å². The van der Waals surface area contributed by atoms with E-state index in [-0.39, 0.29) is 16.7 Å². The van der Waals surface area contributed by atoms with E-state index in [1.165, 1.54) is 21.9 Å². The van der Waals surface area contributed by atoms with Crippen LogP contribution in [0.25, 0.3) is 38.8 Å². The van der Waals surface area contributed by atoms with E-state index >= 15 is 0 Å². The molecule has 0 saturated heterocycles. The molecule has 0 atom stereocenters. The predicted octanol–water partition coefficient (Wildman–Crippen LogP) is 5.76. The quantitative estimate of drug-likeness (QED) is 0.332. The molecule has 0 bridgehead atoms. The molecular weight excluding hydrogens is 479 g/mol. The van der Waals surface area contributed by atoms with Gasteiger partial charge in [0.15, 0.2) is 0 Å². The van der Waals surface area contributed by atoms with Gasteiger partial charge in [-0.2, -0.15) is 13.2 Å². The van der Waals surface area contributed by atoms with Gasteiger partial charge in [0.25, 0.3) is 0 Å². The Morgan fingerprint density at radius 3 is 2.54 bits per heavy atom. The second kappa shape index (κ2) is 7.68. The number of pyridine rings is 2. The number of alkyl halides is 3. The van der Waals surface area contributed by atoms with Crippen LogP contribution in [0, 0.1) is 0 Å². The number of anilines is 1. The van der Waals surface area contributed by atoms with E-state index in [9.17, 15) is 18.0 Å². The fourth-order valence-corrected chi connectivity index (χ4v) is 5.44. The van der Waals surface area contributed by atoms with E-state index in [0.29, 0.717) is 27.5 Å². The van der Waals surface area contributed by atoms with Crippen molar-refractivity contribution < 1.29 is 13.2 Å². The summed E-state index contributed by atoms with van der Waals surface area (Å²) in [5, 5.41) is 0.652. The minimum atomic E-state index is -4.62. The van der Waals surface area contributed by atoms with Crippen LogP contribution < -0.4 is 11.4 Å². The van der Waals surface area contributed by atoms with Gasteiger partial charge in [-0.15, -0.1) is 0 Å². The Hall–Kier alpha value is -4.14. The topological polar surface area (TPSA) is 78.7 Å². The van der Waals surface area contributed by atoms with Crippen molar-refractivity contribution >= 4 is 27.8 Å². The number of nitrogens with two attached hydrogens (primary N) is 1. The molecule has 2 N–H and O–H groups in total. The fourth-order valence-electron chi connectivity index (χ4n) is 5.44. The van der Waals surface area contributed by atoms with Gasteiger partial charge in [0, 0.05) is 24.2 Å². The first-order chi connectivity index (χ1) is 17.5. The summed E-state index contributed by atoms with van der Waals surface area (Å²) in [5.41, 5.74) is 10.3. The van der Waals surface area contributed by atoms with Crippen molar-refractivity contribution in [1.29, 1.82) is 0 Å². The summed E-state index contributed by atoms with van der Waals surface area (Å²) in [6.07, 6.45) is 0.328. The van der Waals surface area contributed by atoms with Crippen molar-refractivity contribution in [3.63, 3.8) is 0 Å². The molecule has 0 radical (unpaired) electrons. The molecule has 0 aliphatic heterocycles. The Bertz CT molecular complexity index is 1800. The molecule has 0 amide bonds. The molecule has 0 fully saturated rings. The summed E-state index contributed by atoms with van der Waals surface area (Å²) < 4.78 is 43.6. The van der Waals surface area contributed by atoms with Crippen LogP contribution in [-0.2, 0) is 25.1 Å². The van der Waals surface area contributed by atoms with Crippen LogP contribution >= 0.6 is 0 Å². The van der Waals surface area contributed by atoms with Crippen LogP contribution in [0.3, 0.4) is 0 Å². The average molecular weight is 504 g/mol. The first kappa shape index (κ1) is 23.3. The normalized spacial score (nSPS) is 15.0. The maximum absolute atomic E-state index is 13.5. The first-order valence-electron chi connectivity index (χ1n) is 11.9. The number of aryl methyl sites for hydroxylation is 2. The molecule has 0 spiro atoms. The van der Waals surface area contributed by atoms with Gasteiger partial charge in [0.1, 0.15) is 5.82 Å². The molecule has 3 aromatic heterocycles. The molecule has 6 rings (SSSR count). The molecule has 6 nitrogen and oxygen atoms in total. The third-order valence-corrected chi connectivity index (χ3v) is 7.54. The van der Waals surface area contributed by atoms with Crippen LogP contribution in [0.4, 0.5) is 19.0 Å². The minimum absolute atomic E-state index is 0.0888. The monoisotopic (exact) mass is 503 g/mol. The molecular formula is C28H24F3N5O. The van der Waals surface area contributed by atoms with Crippen LogP contribution in [0.1, 0.15) is 37.0 Å². The minimum Gasteiger partial charge on any atom is -0.383 e. The number of halogens is 3. The van der Waals surface area contributed by atoms with Crippen molar-refractivity contribution in [3.05, 3.63) is 82.0 Å². The smallest absolute Gasteiger partial charge is 0.383 e. The Labute approximate surface area is 210 Å². The highest BCUT2D eigenvalue weighted by Gasteiger charge is 2.34. The molecule has 37 heavy (non-hydrogen) atoms. The molecule has 2 aromatic carbocycles. The second-order valence-corrected chi connectivity index (χ2v) is 10.3. The van der Waals surface area contributed by atoms with Crippen molar-refractivity contribution in [2.45, 2.75) is 38.3 Å². The Morgan fingerprint density at radius 1 is 1.00 bits per heavy atom. The lowest BCUT2D eigenvalue weighted by atomic mass is 9.86. The maximum Gasteiger partial charge on any atom is 0.419 e. The first-order valence-corrected chi connectivity index (χ1v) is 11.9. The van der Waals surface area contributed by atoms with E-state index in [1.807, 2.05) is 6.07 Å². The zero-order chi connectivity index (χ0) is 26.3. The number of fused-ring (bicyclic) bond motifs is 4. The maximum atomic E-state index is 13.5. The summed E-state index contributed by atoms with van der Waals surface area (Å²) >= 11 is 0. The molecule has 9 heteroatoms. The third-order valence-electron chi connectivity index (χ3n) is 7.54. The molecule has 188 valence electrons. The Morgan fingerprint density at radius 2 is 1.78 bits per heavy atom. The zero-order valence-electron chi connectivity index (χ0n) is 20.5. The van der Waals surface area contributed by atoms with Gasteiger partial charge in [-0.3, -0.25) is 14.1 Å². The number of benzene rings is 2. The number of aromatic nitrogens is 4. The standard InChI is InChI=1S/C28H24F3N5O/c1-27(2)9-8-16-10-18(5-6-20(16)27)36-24-19-11-15(17-12-21(28(29,30)31)25(32)34-13-17)4-7-22(19)33-14-23(24)35(3)26(36)37/h4-7,10-14H,8-9H2,1-3H3,(H2,32,34). The van der Waals surface area contributed by atoms with Gasteiger partial charge in [0.05, 0.1) is 34.0 Å². The largest absolute Gasteiger partial charge is 0.419 e. The van der Waals surface area contributed by atoms with Crippen LogP contribution in [0.2, 0.25) is 0 Å². The van der Waals surface area contributed by atoms with Crippen molar-refractivity contribution in [3.8, 4) is 16.8 Å². The lowest BCUT2D eigenvalue weighted by Gasteiger charge is -2.19. The Balaban J connectivity index is 1.61. The van der Waals surface area contributed by atoms with Gasteiger partial charge >= 0.3 is 11.9 Å². The van der Waals surface area contributed by atoms with Gasteiger partial charge in [-0.1, -0.05) is 26.0 Å². The average Bonchev–Trinajstić information content (AvgIpc) is 3.30. The number of imidazole rings is 1. The molecule has 1 aliphatic rings. The van der Waals surface area contributed by atoms with E-state index in [0.717, 1.165) is 24.6 Å². The molecule has 3 heterocycles. The van der Waals surface area contributed by atoms with E-state index in [2.05, 4.69) is 35.9 Å². The SMILES string of the molecule is Cn1c(=O)n(-c2ccc3c(c2)CCC3(C)C)c2c3cc(-c4cnc(N)c(C(F)(F)F)c4)ccc3ncc21. The number of rotatable bonds is 2. The zero-order valence-corrected chi connectivity index (χ0v) is 20.5.